The number of hydrogen-bond donors (Lipinski definition) is 0. The molecule has 5 heteroatoms. The number of thioether (sulfide) groups is 5. The lowest BCUT2D eigenvalue weighted by atomic mass is 10.6. The SMILES string of the molecule is CCSC1=C(C)SC(=C2SC(C)=C(C)S2)S1. The molecule has 2 rings (SSSR count). The molecule has 0 nitrogen and oxygen atoms in total. The van der Waals surface area contributed by atoms with Gasteiger partial charge in [0.2, 0.25) is 0 Å². The Morgan fingerprint density at radius 3 is 1.88 bits per heavy atom. The third-order valence-electron chi connectivity index (χ3n) is 2.15. The molecule has 2 heterocycles. The van der Waals surface area contributed by atoms with Gasteiger partial charge in [-0.1, -0.05) is 54.0 Å². The van der Waals surface area contributed by atoms with Gasteiger partial charge in [-0.25, -0.2) is 0 Å². The van der Waals surface area contributed by atoms with E-state index in [1.54, 1.807) is 0 Å². The van der Waals surface area contributed by atoms with Crippen LogP contribution in [-0.2, 0) is 0 Å². The summed E-state index contributed by atoms with van der Waals surface area (Å²) in [6, 6.07) is 0. The van der Waals surface area contributed by atoms with Gasteiger partial charge in [0.1, 0.15) is 0 Å². The maximum absolute atomic E-state index is 2.24. The van der Waals surface area contributed by atoms with Crippen LogP contribution in [-0.4, -0.2) is 5.75 Å². The zero-order chi connectivity index (χ0) is 11.7. The highest BCUT2D eigenvalue weighted by Crippen LogP contribution is 2.61. The maximum Gasteiger partial charge on any atom is 0.0708 e. The lowest BCUT2D eigenvalue weighted by Crippen LogP contribution is -1.69. The molecule has 0 bridgehead atoms. The number of allylic oxidation sites excluding steroid dienone is 3. The Morgan fingerprint density at radius 2 is 1.31 bits per heavy atom. The van der Waals surface area contributed by atoms with Gasteiger partial charge in [-0.05, 0) is 36.3 Å². The molecule has 0 fully saturated rings. The molecule has 0 radical (unpaired) electrons. The highest BCUT2D eigenvalue weighted by Gasteiger charge is 2.25. The summed E-state index contributed by atoms with van der Waals surface area (Å²) < 4.78 is 4.47. The second kappa shape index (κ2) is 5.74. The first-order valence-corrected chi connectivity index (χ1v) is 9.33. The summed E-state index contributed by atoms with van der Waals surface area (Å²) >= 11 is 9.75. The van der Waals surface area contributed by atoms with E-state index in [9.17, 15) is 0 Å². The van der Waals surface area contributed by atoms with E-state index in [2.05, 4.69) is 27.7 Å². The van der Waals surface area contributed by atoms with E-state index in [0.29, 0.717) is 0 Å². The first-order chi connectivity index (χ1) is 7.61. The minimum Gasteiger partial charge on any atom is -0.118 e. The van der Waals surface area contributed by atoms with Gasteiger partial charge in [-0.3, -0.25) is 0 Å². The van der Waals surface area contributed by atoms with Gasteiger partial charge in [-0.2, -0.15) is 0 Å². The average Bonchev–Trinajstić information content (AvgIpc) is 2.74. The zero-order valence-electron chi connectivity index (χ0n) is 9.75. The quantitative estimate of drug-likeness (QED) is 0.588. The third kappa shape index (κ3) is 2.86. The summed E-state index contributed by atoms with van der Waals surface area (Å²) in [5, 5.41) is 0. The van der Waals surface area contributed by atoms with Crippen LogP contribution in [0.3, 0.4) is 0 Å². The molecule has 0 saturated heterocycles. The van der Waals surface area contributed by atoms with Crippen LogP contribution in [0.5, 0.6) is 0 Å². The number of rotatable bonds is 2. The van der Waals surface area contributed by atoms with Crippen molar-refractivity contribution in [2.45, 2.75) is 27.7 Å². The van der Waals surface area contributed by atoms with Gasteiger partial charge in [0.25, 0.3) is 0 Å². The number of hydrogen-bond acceptors (Lipinski definition) is 5. The van der Waals surface area contributed by atoms with Crippen molar-refractivity contribution in [2.24, 2.45) is 0 Å². The van der Waals surface area contributed by atoms with Crippen LogP contribution < -0.4 is 0 Å². The molecular formula is C11H14S5. The van der Waals surface area contributed by atoms with Gasteiger partial charge >= 0.3 is 0 Å². The van der Waals surface area contributed by atoms with Gasteiger partial charge in [0.05, 0.1) is 12.7 Å². The Hall–Kier alpha value is 0.970. The molecule has 88 valence electrons. The van der Waals surface area contributed by atoms with Crippen LogP contribution in [0.2, 0.25) is 0 Å². The monoisotopic (exact) mass is 306 g/mol. The summed E-state index contributed by atoms with van der Waals surface area (Å²) in [5.41, 5.74) is 0. The molecule has 0 atom stereocenters. The standard InChI is InChI=1S/C11H14S5/c1-5-12-9-8(4)15-11(16-9)10-13-6(2)7(3)14-10/h5H2,1-4H3. The largest absolute Gasteiger partial charge is 0.118 e. The average molecular weight is 307 g/mol. The summed E-state index contributed by atoms with van der Waals surface area (Å²) in [5.74, 6) is 1.17. The molecular weight excluding hydrogens is 292 g/mol. The molecule has 0 spiro atoms. The first-order valence-electron chi connectivity index (χ1n) is 5.08. The highest BCUT2D eigenvalue weighted by molar-refractivity contribution is 8.38. The Bertz CT molecular complexity index is 387. The van der Waals surface area contributed by atoms with Crippen LogP contribution >= 0.6 is 58.8 Å². The second-order valence-electron chi connectivity index (χ2n) is 3.37. The lowest BCUT2D eigenvalue weighted by Gasteiger charge is -2.01. The Labute approximate surface area is 119 Å². The van der Waals surface area contributed by atoms with Crippen molar-refractivity contribution in [3.05, 3.63) is 27.4 Å². The zero-order valence-corrected chi connectivity index (χ0v) is 13.8. The molecule has 0 aromatic rings. The van der Waals surface area contributed by atoms with E-state index in [0.717, 1.165) is 0 Å². The molecule has 2 aliphatic rings. The van der Waals surface area contributed by atoms with Gasteiger partial charge in [0.15, 0.2) is 0 Å². The molecule has 0 amide bonds. The summed E-state index contributed by atoms with van der Waals surface area (Å²) in [7, 11) is 0. The van der Waals surface area contributed by atoms with Crippen LogP contribution in [0.1, 0.15) is 27.7 Å². The molecule has 0 unspecified atom stereocenters. The topological polar surface area (TPSA) is 0 Å². The highest BCUT2D eigenvalue weighted by atomic mass is 32.2. The third-order valence-corrected chi connectivity index (χ3v) is 9.30. The van der Waals surface area contributed by atoms with E-state index in [-0.39, 0.29) is 0 Å². The van der Waals surface area contributed by atoms with E-state index in [1.807, 2.05) is 58.8 Å². The summed E-state index contributed by atoms with van der Waals surface area (Å²) in [6.45, 7) is 8.89. The predicted molar refractivity (Wildman–Crippen MR) is 86.6 cm³/mol. The van der Waals surface area contributed by atoms with Crippen molar-refractivity contribution in [1.29, 1.82) is 0 Å². The normalized spacial score (nSPS) is 21.8. The fourth-order valence-corrected chi connectivity index (χ4v) is 8.05. The molecule has 0 aromatic heterocycles. The van der Waals surface area contributed by atoms with E-state index in [4.69, 9.17) is 0 Å². The first kappa shape index (κ1) is 13.4. The van der Waals surface area contributed by atoms with E-state index >= 15 is 0 Å². The fraction of sp³-hybridized carbons (Fsp3) is 0.455. The van der Waals surface area contributed by atoms with Crippen molar-refractivity contribution in [3.63, 3.8) is 0 Å². The van der Waals surface area contributed by atoms with Crippen molar-refractivity contribution in [1.82, 2.24) is 0 Å². The van der Waals surface area contributed by atoms with Crippen molar-refractivity contribution in [3.8, 4) is 0 Å². The smallest absolute Gasteiger partial charge is 0.0708 e. The summed E-state index contributed by atoms with van der Waals surface area (Å²) in [4.78, 5) is 4.40. The van der Waals surface area contributed by atoms with Crippen LogP contribution in [0, 0.1) is 0 Å². The second-order valence-corrected chi connectivity index (χ2v) is 10.1. The molecule has 0 saturated carbocycles. The molecule has 16 heavy (non-hydrogen) atoms. The van der Waals surface area contributed by atoms with Crippen molar-refractivity contribution < 1.29 is 0 Å². The Kier molecular flexibility index (Phi) is 4.81. The van der Waals surface area contributed by atoms with Crippen molar-refractivity contribution >= 4 is 58.8 Å². The minimum atomic E-state index is 1.17. The molecule has 0 N–H and O–H groups in total. The molecule has 0 aromatic carbocycles. The minimum absolute atomic E-state index is 1.17. The van der Waals surface area contributed by atoms with Crippen molar-refractivity contribution in [2.75, 3.05) is 5.75 Å². The van der Waals surface area contributed by atoms with Gasteiger partial charge in [0, 0.05) is 4.91 Å². The predicted octanol–water partition coefficient (Wildman–Crippen LogP) is 6.27. The molecule has 0 aliphatic carbocycles. The fourth-order valence-electron chi connectivity index (χ4n) is 1.23. The van der Waals surface area contributed by atoms with Crippen LogP contribution in [0.15, 0.2) is 27.4 Å². The lowest BCUT2D eigenvalue weighted by molar-refractivity contribution is 1.53. The summed E-state index contributed by atoms with van der Waals surface area (Å²) in [6.07, 6.45) is 0. The maximum atomic E-state index is 2.24. The van der Waals surface area contributed by atoms with Crippen LogP contribution in [0.25, 0.3) is 0 Å². The van der Waals surface area contributed by atoms with E-state index in [1.165, 1.54) is 33.2 Å². The van der Waals surface area contributed by atoms with Crippen LogP contribution in [0.4, 0.5) is 0 Å². The Morgan fingerprint density at radius 1 is 0.812 bits per heavy atom. The molecule has 2 aliphatic heterocycles. The van der Waals surface area contributed by atoms with E-state index < -0.39 is 0 Å². The Balaban J connectivity index is 2.10. The van der Waals surface area contributed by atoms with Gasteiger partial charge in [-0.15, -0.1) is 11.8 Å². The van der Waals surface area contributed by atoms with Gasteiger partial charge < -0.3 is 0 Å².